The van der Waals surface area contributed by atoms with Gasteiger partial charge in [-0.25, -0.2) is 0 Å². The minimum Gasteiger partial charge on any atom is -0.371 e. The Hall–Kier alpha value is 0.270. The largest absolute Gasteiger partial charge is 0.371 e. The number of unbranched alkanes of at least 4 members (excludes halogenated alkanes) is 2. The monoisotopic (exact) mass is 245 g/mol. The quantitative estimate of drug-likeness (QED) is 0.664. The van der Waals surface area contributed by atoms with Gasteiger partial charge in [0, 0.05) is 6.54 Å². The molecule has 1 aliphatic rings. The first kappa shape index (κ1) is 14.3. The summed E-state index contributed by atoms with van der Waals surface area (Å²) in [5.74, 6) is 1.31. The highest BCUT2D eigenvalue weighted by atomic mass is 32.2. The first-order valence-electron chi connectivity index (χ1n) is 6.51. The van der Waals surface area contributed by atoms with Gasteiger partial charge in [-0.3, -0.25) is 0 Å². The number of nitrogens with one attached hydrogen (secondary N) is 1. The fourth-order valence-electron chi connectivity index (χ4n) is 2.16. The smallest absolute Gasteiger partial charge is 0.0707 e. The molecule has 1 fully saturated rings. The minimum absolute atomic E-state index is 0.116. The summed E-state index contributed by atoms with van der Waals surface area (Å²) in [4.78, 5) is 0. The fourth-order valence-corrected chi connectivity index (χ4v) is 2.65. The van der Waals surface area contributed by atoms with E-state index in [9.17, 15) is 0 Å². The molecule has 1 aliphatic heterocycles. The first-order valence-corrected chi connectivity index (χ1v) is 7.91. The van der Waals surface area contributed by atoms with Gasteiger partial charge < -0.3 is 10.1 Å². The maximum Gasteiger partial charge on any atom is 0.0707 e. The van der Waals surface area contributed by atoms with Crippen LogP contribution in [0.15, 0.2) is 0 Å². The predicted molar refractivity (Wildman–Crippen MR) is 73.3 cm³/mol. The van der Waals surface area contributed by atoms with Gasteiger partial charge in [-0.2, -0.15) is 11.8 Å². The third-order valence-electron chi connectivity index (χ3n) is 3.13. The average molecular weight is 245 g/mol. The van der Waals surface area contributed by atoms with E-state index in [2.05, 4.69) is 25.4 Å². The highest BCUT2D eigenvalue weighted by Gasteiger charge is 2.30. The van der Waals surface area contributed by atoms with Crippen molar-refractivity contribution in [3.63, 3.8) is 0 Å². The molecule has 0 aliphatic carbocycles. The van der Waals surface area contributed by atoms with E-state index < -0.39 is 0 Å². The Bertz CT molecular complexity index is 185. The van der Waals surface area contributed by atoms with Crippen LogP contribution in [0.5, 0.6) is 0 Å². The Labute approximate surface area is 105 Å². The van der Waals surface area contributed by atoms with Crippen LogP contribution in [-0.2, 0) is 4.74 Å². The van der Waals surface area contributed by atoms with Crippen molar-refractivity contribution in [1.82, 2.24) is 5.32 Å². The average Bonchev–Trinajstić information content (AvgIpc) is 2.57. The van der Waals surface area contributed by atoms with Gasteiger partial charge in [0.25, 0.3) is 0 Å². The standard InChI is InChI=1S/C13H27NOS/c1-13(2)8-7-12(15-13)11-14-9-5-4-6-10-16-3/h12,14H,4-11H2,1-3H3. The van der Waals surface area contributed by atoms with E-state index in [0.717, 1.165) is 13.1 Å². The maximum atomic E-state index is 5.93. The third-order valence-corrected chi connectivity index (χ3v) is 3.83. The molecule has 0 bridgehead atoms. The molecule has 1 saturated heterocycles. The van der Waals surface area contributed by atoms with Crippen LogP contribution in [0.25, 0.3) is 0 Å². The lowest BCUT2D eigenvalue weighted by Crippen LogP contribution is -2.29. The Balaban J connectivity index is 1.88. The summed E-state index contributed by atoms with van der Waals surface area (Å²) in [5, 5.41) is 3.51. The zero-order valence-electron chi connectivity index (χ0n) is 11.1. The molecule has 16 heavy (non-hydrogen) atoms. The van der Waals surface area contributed by atoms with Gasteiger partial charge in [0.2, 0.25) is 0 Å². The summed E-state index contributed by atoms with van der Waals surface area (Å²) in [5.41, 5.74) is 0.116. The van der Waals surface area contributed by atoms with E-state index in [4.69, 9.17) is 4.74 Å². The minimum atomic E-state index is 0.116. The van der Waals surface area contributed by atoms with Gasteiger partial charge in [0.15, 0.2) is 0 Å². The molecule has 2 nitrogen and oxygen atoms in total. The summed E-state index contributed by atoms with van der Waals surface area (Å²) in [7, 11) is 0. The van der Waals surface area contributed by atoms with Crippen molar-refractivity contribution >= 4 is 11.8 Å². The molecule has 0 saturated carbocycles. The molecule has 1 heterocycles. The van der Waals surface area contributed by atoms with E-state index in [1.54, 1.807) is 0 Å². The molecule has 1 unspecified atom stereocenters. The lowest BCUT2D eigenvalue weighted by Gasteiger charge is -2.19. The van der Waals surface area contributed by atoms with E-state index in [1.165, 1.54) is 37.9 Å². The molecule has 0 amide bonds. The molecule has 96 valence electrons. The van der Waals surface area contributed by atoms with Crippen molar-refractivity contribution in [3.05, 3.63) is 0 Å². The van der Waals surface area contributed by atoms with Crippen molar-refractivity contribution in [1.29, 1.82) is 0 Å². The molecule has 0 spiro atoms. The summed E-state index contributed by atoms with van der Waals surface area (Å²) in [6, 6.07) is 0. The lowest BCUT2D eigenvalue weighted by molar-refractivity contribution is -0.0141. The summed E-state index contributed by atoms with van der Waals surface area (Å²) >= 11 is 1.95. The normalized spacial score (nSPS) is 23.8. The predicted octanol–water partition coefficient (Wildman–Crippen LogP) is 3.07. The van der Waals surface area contributed by atoms with Gasteiger partial charge in [-0.05, 0) is 58.1 Å². The zero-order valence-corrected chi connectivity index (χ0v) is 11.9. The molecule has 0 aromatic carbocycles. The third kappa shape index (κ3) is 6.12. The molecular formula is C13H27NOS. The van der Waals surface area contributed by atoms with E-state index in [-0.39, 0.29) is 5.60 Å². The Morgan fingerprint density at radius 2 is 2.12 bits per heavy atom. The SMILES string of the molecule is CSCCCCCNCC1CCC(C)(C)O1. The van der Waals surface area contributed by atoms with Crippen LogP contribution in [0.4, 0.5) is 0 Å². The Morgan fingerprint density at radius 3 is 2.75 bits per heavy atom. The van der Waals surface area contributed by atoms with Crippen LogP contribution in [0.2, 0.25) is 0 Å². The molecular weight excluding hydrogens is 218 g/mol. The number of hydrogen-bond donors (Lipinski definition) is 1. The van der Waals surface area contributed by atoms with E-state index in [1.807, 2.05) is 11.8 Å². The molecule has 3 heteroatoms. The van der Waals surface area contributed by atoms with Crippen LogP contribution in [0.1, 0.15) is 46.0 Å². The molecule has 0 aromatic rings. The van der Waals surface area contributed by atoms with Crippen molar-refractivity contribution < 1.29 is 4.74 Å². The fraction of sp³-hybridized carbons (Fsp3) is 1.00. The molecule has 1 rings (SSSR count). The Morgan fingerprint density at radius 1 is 1.31 bits per heavy atom. The highest BCUT2D eigenvalue weighted by Crippen LogP contribution is 2.28. The number of hydrogen-bond acceptors (Lipinski definition) is 3. The summed E-state index contributed by atoms with van der Waals surface area (Å²) in [6.45, 7) is 6.56. The number of thioether (sulfide) groups is 1. The second-order valence-corrected chi connectivity index (χ2v) is 6.28. The topological polar surface area (TPSA) is 21.3 Å². The van der Waals surface area contributed by atoms with Gasteiger partial charge in [0.1, 0.15) is 0 Å². The molecule has 1 N–H and O–H groups in total. The van der Waals surface area contributed by atoms with Crippen molar-refractivity contribution in [3.8, 4) is 0 Å². The summed E-state index contributed by atoms with van der Waals surface area (Å²) in [6.07, 6.45) is 9.05. The van der Waals surface area contributed by atoms with Gasteiger partial charge >= 0.3 is 0 Å². The highest BCUT2D eigenvalue weighted by molar-refractivity contribution is 7.98. The van der Waals surface area contributed by atoms with E-state index in [0.29, 0.717) is 6.10 Å². The van der Waals surface area contributed by atoms with Crippen LogP contribution in [0, 0.1) is 0 Å². The summed E-state index contributed by atoms with van der Waals surface area (Å²) < 4.78 is 5.93. The molecule has 1 atom stereocenters. The van der Waals surface area contributed by atoms with Crippen LogP contribution in [0.3, 0.4) is 0 Å². The second kappa shape index (κ2) is 7.57. The van der Waals surface area contributed by atoms with Crippen LogP contribution in [-0.4, -0.2) is 36.8 Å². The second-order valence-electron chi connectivity index (χ2n) is 5.30. The van der Waals surface area contributed by atoms with Crippen molar-refractivity contribution in [2.24, 2.45) is 0 Å². The Kier molecular flexibility index (Phi) is 6.78. The number of ether oxygens (including phenoxy) is 1. The van der Waals surface area contributed by atoms with Crippen LogP contribution < -0.4 is 5.32 Å². The van der Waals surface area contributed by atoms with Gasteiger partial charge in [-0.1, -0.05) is 6.42 Å². The molecule has 0 aromatic heterocycles. The first-order chi connectivity index (χ1) is 7.64. The van der Waals surface area contributed by atoms with Crippen LogP contribution >= 0.6 is 11.8 Å². The van der Waals surface area contributed by atoms with E-state index >= 15 is 0 Å². The molecule has 0 radical (unpaired) electrons. The number of rotatable bonds is 8. The maximum absolute atomic E-state index is 5.93. The van der Waals surface area contributed by atoms with Gasteiger partial charge in [0.05, 0.1) is 11.7 Å². The zero-order chi connectivity index (χ0) is 11.9. The lowest BCUT2D eigenvalue weighted by atomic mass is 10.1. The van der Waals surface area contributed by atoms with Crippen molar-refractivity contribution in [2.45, 2.75) is 57.7 Å². The van der Waals surface area contributed by atoms with Gasteiger partial charge in [-0.15, -0.1) is 0 Å². The van der Waals surface area contributed by atoms with Crippen molar-refractivity contribution in [2.75, 3.05) is 25.1 Å².